The second-order valence-corrected chi connectivity index (χ2v) is 5.45. The van der Waals surface area contributed by atoms with Gasteiger partial charge in [-0.3, -0.25) is 0 Å². The molecule has 1 heterocycles. The Morgan fingerprint density at radius 2 is 1.94 bits per heavy atom. The van der Waals surface area contributed by atoms with Crippen molar-refractivity contribution in [3.8, 4) is 0 Å². The van der Waals surface area contributed by atoms with Crippen LogP contribution in [0.25, 0.3) is 0 Å². The summed E-state index contributed by atoms with van der Waals surface area (Å²) in [6.07, 6.45) is 0. The lowest BCUT2D eigenvalue weighted by atomic mass is 10.1. The summed E-state index contributed by atoms with van der Waals surface area (Å²) >= 11 is 3.60. The molecule has 0 spiro atoms. The van der Waals surface area contributed by atoms with Gasteiger partial charge in [-0.05, 0) is 60.8 Å². The van der Waals surface area contributed by atoms with E-state index in [4.69, 9.17) is 4.52 Å². The third kappa shape index (κ3) is 2.58. The number of halogens is 1. The van der Waals surface area contributed by atoms with Crippen LogP contribution in [0.2, 0.25) is 0 Å². The minimum Gasteiger partial charge on any atom is -0.380 e. The average molecular weight is 309 g/mol. The number of benzene rings is 1. The van der Waals surface area contributed by atoms with Crippen molar-refractivity contribution in [2.45, 2.75) is 34.2 Å². The van der Waals surface area contributed by atoms with Crippen LogP contribution in [-0.4, -0.2) is 5.16 Å². The highest BCUT2D eigenvalue weighted by molar-refractivity contribution is 9.10. The van der Waals surface area contributed by atoms with Gasteiger partial charge in [0.05, 0.1) is 11.4 Å². The smallest absolute Gasteiger partial charge is 0.138 e. The summed E-state index contributed by atoms with van der Waals surface area (Å²) in [6, 6.07) is 4.28. The van der Waals surface area contributed by atoms with Crippen LogP contribution in [0.3, 0.4) is 0 Å². The molecular weight excluding hydrogens is 292 g/mol. The number of hydrogen-bond acceptors (Lipinski definition) is 3. The molecule has 0 saturated carbocycles. The second kappa shape index (κ2) is 5.14. The lowest BCUT2D eigenvalue weighted by molar-refractivity contribution is 0.392. The van der Waals surface area contributed by atoms with E-state index in [1.54, 1.807) is 0 Å². The number of aromatic nitrogens is 1. The Bertz CT molecular complexity index is 533. The SMILES string of the molecule is Cc1cc(C)c(NCc2c(C)noc2C)c(Br)c1. The standard InChI is InChI=1S/C14H17BrN2O/c1-8-5-9(2)14(13(15)6-8)16-7-12-10(3)17-18-11(12)4/h5-6,16H,7H2,1-4H3. The third-order valence-corrected chi connectivity index (χ3v) is 3.68. The first kappa shape index (κ1) is 13.1. The van der Waals surface area contributed by atoms with Gasteiger partial charge in [0.1, 0.15) is 5.76 Å². The monoisotopic (exact) mass is 308 g/mol. The molecule has 18 heavy (non-hydrogen) atoms. The van der Waals surface area contributed by atoms with Crippen molar-refractivity contribution in [2.24, 2.45) is 0 Å². The zero-order valence-corrected chi connectivity index (χ0v) is 12.7. The number of nitrogens with zero attached hydrogens (tertiary/aromatic N) is 1. The summed E-state index contributed by atoms with van der Waals surface area (Å²) in [5.41, 5.74) is 5.68. The number of nitrogens with one attached hydrogen (secondary N) is 1. The molecule has 0 saturated heterocycles. The van der Waals surface area contributed by atoms with Crippen molar-refractivity contribution in [1.29, 1.82) is 0 Å². The first-order valence-electron chi connectivity index (χ1n) is 5.91. The Kier molecular flexibility index (Phi) is 3.76. The van der Waals surface area contributed by atoms with E-state index in [-0.39, 0.29) is 0 Å². The number of rotatable bonds is 3. The van der Waals surface area contributed by atoms with E-state index in [9.17, 15) is 0 Å². The second-order valence-electron chi connectivity index (χ2n) is 4.59. The van der Waals surface area contributed by atoms with Gasteiger partial charge in [-0.2, -0.15) is 0 Å². The molecule has 0 bridgehead atoms. The van der Waals surface area contributed by atoms with E-state index < -0.39 is 0 Å². The largest absolute Gasteiger partial charge is 0.380 e. The van der Waals surface area contributed by atoms with E-state index in [2.05, 4.69) is 52.4 Å². The van der Waals surface area contributed by atoms with Gasteiger partial charge < -0.3 is 9.84 Å². The molecule has 0 unspecified atom stereocenters. The van der Waals surface area contributed by atoms with Gasteiger partial charge in [0, 0.05) is 16.6 Å². The molecule has 0 aliphatic rings. The van der Waals surface area contributed by atoms with Gasteiger partial charge in [0.2, 0.25) is 0 Å². The van der Waals surface area contributed by atoms with Gasteiger partial charge >= 0.3 is 0 Å². The summed E-state index contributed by atoms with van der Waals surface area (Å²) in [5, 5.41) is 7.41. The first-order valence-corrected chi connectivity index (χ1v) is 6.70. The fourth-order valence-corrected chi connectivity index (χ4v) is 2.88. The van der Waals surface area contributed by atoms with E-state index >= 15 is 0 Å². The van der Waals surface area contributed by atoms with Gasteiger partial charge in [-0.25, -0.2) is 0 Å². The van der Waals surface area contributed by atoms with Gasteiger partial charge in [0.15, 0.2) is 0 Å². The summed E-state index contributed by atoms with van der Waals surface area (Å²) in [6.45, 7) is 8.82. The van der Waals surface area contributed by atoms with Crippen LogP contribution in [0.1, 0.15) is 28.1 Å². The number of anilines is 1. The average Bonchev–Trinajstić information content (AvgIpc) is 2.58. The van der Waals surface area contributed by atoms with Crippen LogP contribution < -0.4 is 5.32 Å². The van der Waals surface area contributed by atoms with Crippen LogP contribution >= 0.6 is 15.9 Å². The molecule has 1 aromatic heterocycles. The first-order chi connectivity index (χ1) is 8.49. The van der Waals surface area contributed by atoms with Gasteiger partial charge in [-0.1, -0.05) is 11.2 Å². The maximum absolute atomic E-state index is 5.16. The molecule has 2 aromatic rings. The van der Waals surface area contributed by atoms with Gasteiger partial charge in [0.25, 0.3) is 0 Å². The van der Waals surface area contributed by atoms with Crippen molar-refractivity contribution < 1.29 is 4.52 Å². The zero-order chi connectivity index (χ0) is 13.3. The minimum absolute atomic E-state index is 0.726. The minimum atomic E-state index is 0.726. The molecule has 3 nitrogen and oxygen atoms in total. The highest BCUT2D eigenvalue weighted by atomic mass is 79.9. The predicted octanol–water partition coefficient (Wildman–Crippen LogP) is 4.28. The van der Waals surface area contributed by atoms with Gasteiger partial charge in [-0.15, -0.1) is 0 Å². The van der Waals surface area contributed by atoms with Crippen molar-refractivity contribution in [3.05, 3.63) is 44.7 Å². The normalized spacial score (nSPS) is 10.7. The molecule has 0 amide bonds. The van der Waals surface area contributed by atoms with Crippen molar-refractivity contribution in [1.82, 2.24) is 5.16 Å². The summed E-state index contributed by atoms with van der Waals surface area (Å²) in [4.78, 5) is 0. The molecule has 0 fully saturated rings. The lowest BCUT2D eigenvalue weighted by Gasteiger charge is -2.12. The van der Waals surface area contributed by atoms with E-state index in [0.717, 1.165) is 33.7 Å². The van der Waals surface area contributed by atoms with E-state index in [1.165, 1.54) is 11.1 Å². The van der Waals surface area contributed by atoms with Crippen molar-refractivity contribution in [2.75, 3.05) is 5.32 Å². The van der Waals surface area contributed by atoms with E-state index in [1.807, 2.05) is 13.8 Å². The highest BCUT2D eigenvalue weighted by Gasteiger charge is 2.10. The zero-order valence-electron chi connectivity index (χ0n) is 11.1. The molecule has 0 atom stereocenters. The highest BCUT2D eigenvalue weighted by Crippen LogP contribution is 2.28. The van der Waals surface area contributed by atoms with E-state index in [0.29, 0.717) is 0 Å². The molecule has 1 N–H and O–H groups in total. The van der Waals surface area contributed by atoms with Crippen LogP contribution in [0, 0.1) is 27.7 Å². The molecule has 1 aromatic carbocycles. The van der Waals surface area contributed by atoms with Crippen LogP contribution in [0.15, 0.2) is 21.1 Å². The third-order valence-electron chi connectivity index (χ3n) is 3.05. The summed E-state index contributed by atoms with van der Waals surface area (Å²) < 4.78 is 6.25. The van der Waals surface area contributed by atoms with Crippen molar-refractivity contribution >= 4 is 21.6 Å². The van der Waals surface area contributed by atoms with Crippen LogP contribution in [0.5, 0.6) is 0 Å². The molecule has 0 radical (unpaired) electrons. The maximum Gasteiger partial charge on any atom is 0.138 e. The van der Waals surface area contributed by atoms with Crippen LogP contribution in [-0.2, 0) is 6.54 Å². The maximum atomic E-state index is 5.16. The molecular formula is C14H17BrN2O. The lowest BCUT2D eigenvalue weighted by Crippen LogP contribution is -2.03. The molecule has 4 heteroatoms. The molecule has 96 valence electrons. The van der Waals surface area contributed by atoms with Crippen LogP contribution in [0.4, 0.5) is 5.69 Å². The topological polar surface area (TPSA) is 38.1 Å². The predicted molar refractivity (Wildman–Crippen MR) is 76.9 cm³/mol. The fraction of sp³-hybridized carbons (Fsp3) is 0.357. The van der Waals surface area contributed by atoms with Crippen molar-refractivity contribution in [3.63, 3.8) is 0 Å². The Balaban J connectivity index is 2.21. The Hall–Kier alpha value is -1.29. The fourth-order valence-electron chi connectivity index (χ4n) is 2.07. The Labute approximate surface area is 116 Å². The quantitative estimate of drug-likeness (QED) is 0.919. The Morgan fingerprint density at radius 1 is 1.22 bits per heavy atom. The number of aryl methyl sites for hydroxylation is 4. The number of hydrogen-bond donors (Lipinski definition) is 1. The molecule has 2 rings (SSSR count). The Morgan fingerprint density at radius 3 is 2.50 bits per heavy atom. The summed E-state index contributed by atoms with van der Waals surface area (Å²) in [5.74, 6) is 0.876. The molecule has 0 aliphatic heterocycles. The molecule has 0 aliphatic carbocycles. The summed E-state index contributed by atoms with van der Waals surface area (Å²) in [7, 11) is 0.